The van der Waals surface area contributed by atoms with Crippen LogP contribution in [0.25, 0.3) is 0 Å². The second kappa shape index (κ2) is 9.31. The SMILES string of the molecule is C=C(C)COCCNC(=O)CNC(=O)c1cccc(Br)c1. The van der Waals surface area contributed by atoms with Crippen LogP contribution < -0.4 is 10.6 Å². The van der Waals surface area contributed by atoms with Gasteiger partial charge in [0.25, 0.3) is 5.91 Å². The summed E-state index contributed by atoms with van der Waals surface area (Å²) < 4.78 is 6.06. The first-order valence-corrected chi connectivity index (χ1v) is 7.31. The predicted octanol–water partition coefficient (Wildman–Crippen LogP) is 1.89. The molecule has 0 heterocycles. The lowest BCUT2D eigenvalue weighted by atomic mass is 10.2. The Bertz CT molecular complexity index is 517. The summed E-state index contributed by atoms with van der Waals surface area (Å²) in [6.45, 7) is 6.81. The third-order valence-electron chi connectivity index (χ3n) is 2.41. The molecule has 0 spiro atoms. The van der Waals surface area contributed by atoms with E-state index in [9.17, 15) is 9.59 Å². The highest BCUT2D eigenvalue weighted by Gasteiger charge is 2.07. The van der Waals surface area contributed by atoms with Gasteiger partial charge in [-0.1, -0.05) is 34.1 Å². The zero-order valence-corrected chi connectivity index (χ0v) is 13.5. The average Bonchev–Trinajstić information content (AvgIpc) is 2.44. The molecule has 0 aliphatic carbocycles. The second-order valence-corrected chi connectivity index (χ2v) is 5.47. The second-order valence-electron chi connectivity index (χ2n) is 4.55. The summed E-state index contributed by atoms with van der Waals surface area (Å²) in [5.74, 6) is -0.540. The van der Waals surface area contributed by atoms with Gasteiger partial charge in [-0.25, -0.2) is 0 Å². The van der Waals surface area contributed by atoms with Crippen molar-refractivity contribution in [2.75, 3.05) is 26.3 Å². The summed E-state index contributed by atoms with van der Waals surface area (Å²) in [6, 6.07) is 6.97. The van der Waals surface area contributed by atoms with Gasteiger partial charge in [0.15, 0.2) is 0 Å². The molecule has 0 radical (unpaired) electrons. The van der Waals surface area contributed by atoms with E-state index in [0.717, 1.165) is 10.0 Å². The number of benzene rings is 1. The minimum Gasteiger partial charge on any atom is -0.375 e. The topological polar surface area (TPSA) is 67.4 Å². The van der Waals surface area contributed by atoms with E-state index in [4.69, 9.17) is 4.74 Å². The monoisotopic (exact) mass is 354 g/mol. The van der Waals surface area contributed by atoms with Gasteiger partial charge < -0.3 is 15.4 Å². The maximum atomic E-state index is 11.8. The molecule has 0 atom stereocenters. The highest BCUT2D eigenvalue weighted by molar-refractivity contribution is 9.10. The zero-order valence-electron chi connectivity index (χ0n) is 11.9. The fraction of sp³-hybridized carbons (Fsp3) is 0.333. The summed E-state index contributed by atoms with van der Waals surface area (Å²) in [5, 5.41) is 5.22. The van der Waals surface area contributed by atoms with Gasteiger partial charge in [0.1, 0.15) is 0 Å². The third-order valence-corrected chi connectivity index (χ3v) is 2.91. The van der Waals surface area contributed by atoms with E-state index in [1.807, 2.05) is 13.0 Å². The number of halogens is 1. The molecule has 2 amide bonds. The van der Waals surface area contributed by atoms with Gasteiger partial charge >= 0.3 is 0 Å². The number of hydrogen-bond acceptors (Lipinski definition) is 3. The van der Waals surface area contributed by atoms with Crippen molar-refractivity contribution in [2.45, 2.75) is 6.92 Å². The molecule has 5 nitrogen and oxygen atoms in total. The van der Waals surface area contributed by atoms with E-state index in [0.29, 0.717) is 25.3 Å². The molecule has 0 saturated heterocycles. The number of amides is 2. The van der Waals surface area contributed by atoms with Crippen LogP contribution in [0.3, 0.4) is 0 Å². The van der Waals surface area contributed by atoms with Crippen LogP contribution in [0, 0.1) is 0 Å². The van der Waals surface area contributed by atoms with Crippen LogP contribution in [-0.4, -0.2) is 38.1 Å². The molecule has 0 bridgehead atoms. The maximum Gasteiger partial charge on any atom is 0.251 e. The molecule has 114 valence electrons. The average molecular weight is 355 g/mol. The fourth-order valence-corrected chi connectivity index (χ4v) is 1.86. The van der Waals surface area contributed by atoms with Crippen LogP contribution in [0.4, 0.5) is 0 Å². The lowest BCUT2D eigenvalue weighted by molar-refractivity contribution is -0.120. The first-order valence-electron chi connectivity index (χ1n) is 6.51. The Labute approximate surface area is 132 Å². The molecule has 0 aliphatic rings. The molecule has 0 fully saturated rings. The normalized spacial score (nSPS) is 10.0. The summed E-state index contributed by atoms with van der Waals surface area (Å²) in [5.41, 5.74) is 1.43. The summed E-state index contributed by atoms with van der Waals surface area (Å²) in [6.07, 6.45) is 0. The molecule has 1 aromatic rings. The van der Waals surface area contributed by atoms with Crippen molar-refractivity contribution >= 4 is 27.7 Å². The Morgan fingerprint density at radius 3 is 2.76 bits per heavy atom. The minimum atomic E-state index is -0.287. The number of nitrogens with one attached hydrogen (secondary N) is 2. The number of ether oxygens (including phenoxy) is 1. The Hall–Kier alpha value is -1.66. The van der Waals surface area contributed by atoms with Crippen LogP contribution in [-0.2, 0) is 9.53 Å². The van der Waals surface area contributed by atoms with Crippen molar-refractivity contribution in [3.8, 4) is 0 Å². The van der Waals surface area contributed by atoms with Gasteiger partial charge in [-0.3, -0.25) is 9.59 Å². The predicted molar refractivity (Wildman–Crippen MR) is 85.1 cm³/mol. The summed E-state index contributed by atoms with van der Waals surface area (Å²) in [7, 11) is 0. The largest absolute Gasteiger partial charge is 0.375 e. The van der Waals surface area contributed by atoms with Gasteiger partial charge in [-0.2, -0.15) is 0 Å². The number of carbonyl (C=O) groups excluding carboxylic acids is 2. The smallest absolute Gasteiger partial charge is 0.251 e. The van der Waals surface area contributed by atoms with E-state index in [-0.39, 0.29) is 18.4 Å². The lowest BCUT2D eigenvalue weighted by Crippen LogP contribution is -2.38. The van der Waals surface area contributed by atoms with Gasteiger partial charge in [-0.15, -0.1) is 0 Å². The molecule has 0 aromatic heterocycles. The highest BCUT2D eigenvalue weighted by Crippen LogP contribution is 2.11. The third kappa shape index (κ3) is 7.63. The van der Waals surface area contributed by atoms with Crippen LogP contribution >= 0.6 is 15.9 Å². The molecular formula is C15H19BrN2O3. The highest BCUT2D eigenvalue weighted by atomic mass is 79.9. The first-order chi connectivity index (χ1) is 9.99. The Morgan fingerprint density at radius 1 is 1.33 bits per heavy atom. The molecule has 6 heteroatoms. The fourth-order valence-electron chi connectivity index (χ4n) is 1.46. The van der Waals surface area contributed by atoms with Crippen molar-refractivity contribution in [1.82, 2.24) is 10.6 Å². The van der Waals surface area contributed by atoms with E-state index >= 15 is 0 Å². The van der Waals surface area contributed by atoms with E-state index in [2.05, 4.69) is 33.1 Å². The molecule has 0 saturated carbocycles. The van der Waals surface area contributed by atoms with E-state index in [1.54, 1.807) is 18.2 Å². The molecular weight excluding hydrogens is 336 g/mol. The van der Waals surface area contributed by atoms with Crippen LogP contribution in [0.1, 0.15) is 17.3 Å². The van der Waals surface area contributed by atoms with Crippen molar-refractivity contribution in [1.29, 1.82) is 0 Å². The van der Waals surface area contributed by atoms with E-state index < -0.39 is 0 Å². The van der Waals surface area contributed by atoms with Crippen molar-refractivity contribution in [3.05, 3.63) is 46.5 Å². The van der Waals surface area contributed by atoms with Gasteiger partial charge in [0.2, 0.25) is 5.91 Å². The van der Waals surface area contributed by atoms with Crippen molar-refractivity contribution in [3.63, 3.8) is 0 Å². The van der Waals surface area contributed by atoms with Gasteiger partial charge in [0, 0.05) is 16.6 Å². The maximum absolute atomic E-state index is 11.8. The van der Waals surface area contributed by atoms with E-state index in [1.165, 1.54) is 0 Å². The Balaban J connectivity index is 2.21. The first kappa shape index (κ1) is 17.4. The standard InChI is InChI=1S/C15H19BrN2O3/c1-11(2)10-21-7-6-17-14(19)9-18-15(20)12-4-3-5-13(16)8-12/h3-5,8H,1,6-7,9-10H2,2H3,(H,17,19)(H,18,20). The molecule has 0 aliphatic heterocycles. The van der Waals surface area contributed by atoms with Crippen LogP contribution in [0.2, 0.25) is 0 Å². The number of hydrogen-bond donors (Lipinski definition) is 2. The Morgan fingerprint density at radius 2 is 2.10 bits per heavy atom. The molecule has 1 rings (SSSR count). The molecule has 1 aromatic carbocycles. The quantitative estimate of drug-likeness (QED) is 0.553. The van der Waals surface area contributed by atoms with Crippen LogP contribution in [0.5, 0.6) is 0 Å². The molecule has 0 unspecified atom stereocenters. The zero-order chi connectivity index (χ0) is 15.7. The van der Waals surface area contributed by atoms with Gasteiger partial charge in [0.05, 0.1) is 19.8 Å². The molecule has 2 N–H and O–H groups in total. The van der Waals surface area contributed by atoms with Gasteiger partial charge in [-0.05, 0) is 25.1 Å². The number of rotatable bonds is 8. The minimum absolute atomic E-state index is 0.0637. The van der Waals surface area contributed by atoms with Crippen molar-refractivity contribution < 1.29 is 14.3 Å². The Kier molecular flexibility index (Phi) is 7.71. The lowest BCUT2D eigenvalue weighted by Gasteiger charge is -2.08. The van der Waals surface area contributed by atoms with Crippen LogP contribution in [0.15, 0.2) is 40.9 Å². The van der Waals surface area contributed by atoms with Crippen molar-refractivity contribution in [2.24, 2.45) is 0 Å². The number of carbonyl (C=O) groups is 2. The summed E-state index contributed by atoms with van der Waals surface area (Å²) >= 11 is 3.29. The molecule has 21 heavy (non-hydrogen) atoms. The summed E-state index contributed by atoms with van der Waals surface area (Å²) in [4.78, 5) is 23.3.